The number of nitrogens with one attached hydrogen (secondary N) is 2. The standard InChI is InChI=1S/C12H14N2O/c1-3-9-13-12(15)14-11-7-5-10(4-2)6-8-11/h3-8H,1-2,9H2,(H2,13,14,15). The number of hydrogen-bond donors (Lipinski definition) is 2. The lowest BCUT2D eigenvalue weighted by atomic mass is 10.2. The van der Waals surface area contributed by atoms with E-state index in [2.05, 4.69) is 23.8 Å². The molecule has 0 bridgehead atoms. The predicted molar refractivity (Wildman–Crippen MR) is 63.8 cm³/mol. The Labute approximate surface area is 89.5 Å². The van der Waals surface area contributed by atoms with Crippen LogP contribution in [0.25, 0.3) is 6.08 Å². The first-order valence-electron chi connectivity index (χ1n) is 4.64. The summed E-state index contributed by atoms with van der Waals surface area (Å²) in [4.78, 5) is 11.2. The molecule has 0 aliphatic carbocycles. The molecule has 0 heterocycles. The molecule has 78 valence electrons. The molecule has 0 saturated heterocycles. The highest BCUT2D eigenvalue weighted by molar-refractivity contribution is 5.89. The van der Waals surface area contributed by atoms with E-state index in [1.54, 1.807) is 12.2 Å². The summed E-state index contributed by atoms with van der Waals surface area (Å²) in [5.41, 5.74) is 1.77. The topological polar surface area (TPSA) is 41.1 Å². The highest BCUT2D eigenvalue weighted by Crippen LogP contribution is 2.09. The zero-order valence-electron chi connectivity index (χ0n) is 8.49. The number of benzene rings is 1. The molecular weight excluding hydrogens is 188 g/mol. The minimum Gasteiger partial charge on any atom is -0.334 e. The summed E-state index contributed by atoms with van der Waals surface area (Å²) < 4.78 is 0. The molecule has 0 aliphatic rings. The number of carbonyl (C=O) groups is 1. The Morgan fingerprint density at radius 3 is 2.47 bits per heavy atom. The first-order chi connectivity index (χ1) is 7.26. The lowest BCUT2D eigenvalue weighted by Crippen LogP contribution is -2.28. The van der Waals surface area contributed by atoms with Crippen molar-refractivity contribution in [1.82, 2.24) is 5.32 Å². The second-order valence-electron chi connectivity index (χ2n) is 2.95. The molecular formula is C12H14N2O. The second kappa shape index (κ2) is 5.65. The predicted octanol–water partition coefficient (Wildman–Crippen LogP) is 2.64. The Hall–Kier alpha value is -2.03. The van der Waals surface area contributed by atoms with E-state index >= 15 is 0 Å². The zero-order valence-corrected chi connectivity index (χ0v) is 8.49. The molecule has 0 atom stereocenters. The highest BCUT2D eigenvalue weighted by atomic mass is 16.2. The largest absolute Gasteiger partial charge is 0.334 e. The maximum absolute atomic E-state index is 11.2. The Balaban J connectivity index is 2.53. The van der Waals surface area contributed by atoms with Gasteiger partial charge in [0.2, 0.25) is 0 Å². The van der Waals surface area contributed by atoms with Gasteiger partial charge >= 0.3 is 6.03 Å². The maximum atomic E-state index is 11.2. The molecule has 0 radical (unpaired) electrons. The number of anilines is 1. The van der Waals surface area contributed by atoms with Gasteiger partial charge in [-0.25, -0.2) is 4.79 Å². The van der Waals surface area contributed by atoms with Crippen molar-refractivity contribution >= 4 is 17.8 Å². The molecule has 1 rings (SSSR count). The summed E-state index contributed by atoms with van der Waals surface area (Å²) in [7, 11) is 0. The summed E-state index contributed by atoms with van der Waals surface area (Å²) in [5.74, 6) is 0. The van der Waals surface area contributed by atoms with Crippen LogP contribution in [0.4, 0.5) is 10.5 Å². The van der Waals surface area contributed by atoms with Crippen LogP contribution in [0.15, 0.2) is 43.5 Å². The van der Waals surface area contributed by atoms with Gasteiger partial charge in [-0.15, -0.1) is 6.58 Å². The average Bonchev–Trinajstić information content (AvgIpc) is 2.27. The fourth-order valence-electron chi connectivity index (χ4n) is 1.04. The first kappa shape index (κ1) is 11.0. The zero-order chi connectivity index (χ0) is 11.1. The van der Waals surface area contributed by atoms with Crippen LogP contribution in [0.5, 0.6) is 0 Å². The fraction of sp³-hybridized carbons (Fsp3) is 0.0833. The van der Waals surface area contributed by atoms with Crippen LogP contribution in [0, 0.1) is 0 Å². The van der Waals surface area contributed by atoms with Crippen molar-refractivity contribution in [3.8, 4) is 0 Å². The van der Waals surface area contributed by atoms with E-state index in [0.29, 0.717) is 6.54 Å². The normalized spacial score (nSPS) is 9.07. The highest BCUT2D eigenvalue weighted by Gasteiger charge is 1.98. The smallest absolute Gasteiger partial charge is 0.319 e. The fourth-order valence-corrected chi connectivity index (χ4v) is 1.04. The summed E-state index contributed by atoms with van der Waals surface area (Å²) in [5, 5.41) is 5.32. The van der Waals surface area contributed by atoms with Crippen molar-refractivity contribution in [2.75, 3.05) is 11.9 Å². The first-order valence-corrected chi connectivity index (χ1v) is 4.64. The van der Waals surface area contributed by atoms with Crippen LogP contribution < -0.4 is 10.6 Å². The molecule has 2 amide bonds. The number of hydrogen-bond acceptors (Lipinski definition) is 1. The molecule has 3 nitrogen and oxygen atoms in total. The Morgan fingerprint density at radius 2 is 1.93 bits per heavy atom. The number of rotatable bonds is 4. The van der Waals surface area contributed by atoms with Crippen LogP contribution in [0.3, 0.4) is 0 Å². The Kier molecular flexibility index (Phi) is 4.16. The molecule has 0 aliphatic heterocycles. The van der Waals surface area contributed by atoms with Crippen LogP contribution in [0.2, 0.25) is 0 Å². The van der Waals surface area contributed by atoms with E-state index in [0.717, 1.165) is 11.3 Å². The lowest BCUT2D eigenvalue weighted by molar-refractivity contribution is 0.253. The van der Waals surface area contributed by atoms with Gasteiger partial charge in [0.15, 0.2) is 0 Å². The summed E-state index contributed by atoms with van der Waals surface area (Å²) in [6.45, 7) is 7.61. The quantitative estimate of drug-likeness (QED) is 0.724. The van der Waals surface area contributed by atoms with Gasteiger partial charge in [-0.3, -0.25) is 0 Å². The molecule has 3 heteroatoms. The van der Waals surface area contributed by atoms with Crippen molar-refractivity contribution < 1.29 is 4.79 Å². The van der Waals surface area contributed by atoms with Crippen molar-refractivity contribution in [2.24, 2.45) is 0 Å². The van der Waals surface area contributed by atoms with Gasteiger partial charge in [0, 0.05) is 12.2 Å². The van der Waals surface area contributed by atoms with Crippen molar-refractivity contribution in [3.63, 3.8) is 0 Å². The summed E-state index contributed by atoms with van der Waals surface area (Å²) in [6, 6.07) is 7.18. The molecule has 1 aromatic rings. The third-order valence-electron chi connectivity index (χ3n) is 1.81. The van der Waals surface area contributed by atoms with Crippen LogP contribution in [0.1, 0.15) is 5.56 Å². The van der Waals surface area contributed by atoms with Crippen molar-refractivity contribution in [3.05, 3.63) is 49.1 Å². The van der Waals surface area contributed by atoms with Gasteiger partial charge in [-0.05, 0) is 17.7 Å². The minimum absolute atomic E-state index is 0.235. The number of urea groups is 1. The van der Waals surface area contributed by atoms with E-state index in [1.165, 1.54) is 0 Å². The Bertz CT molecular complexity index is 354. The van der Waals surface area contributed by atoms with Crippen LogP contribution in [-0.4, -0.2) is 12.6 Å². The molecule has 1 aromatic carbocycles. The molecule has 0 unspecified atom stereocenters. The van der Waals surface area contributed by atoms with Gasteiger partial charge in [-0.2, -0.15) is 0 Å². The van der Waals surface area contributed by atoms with E-state index in [4.69, 9.17) is 0 Å². The molecule has 2 N–H and O–H groups in total. The average molecular weight is 202 g/mol. The van der Waals surface area contributed by atoms with Crippen molar-refractivity contribution in [2.45, 2.75) is 0 Å². The summed E-state index contributed by atoms with van der Waals surface area (Å²) >= 11 is 0. The van der Waals surface area contributed by atoms with Crippen LogP contribution in [-0.2, 0) is 0 Å². The van der Waals surface area contributed by atoms with Gasteiger partial charge < -0.3 is 10.6 Å². The molecule has 0 fully saturated rings. The maximum Gasteiger partial charge on any atom is 0.319 e. The third kappa shape index (κ3) is 3.68. The van der Waals surface area contributed by atoms with E-state index in [-0.39, 0.29) is 6.03 Å². The number of carbonyl (C=O) groups excluding carboxylic acids is 1. The Morgan fingerprint density at radius 1 is 1.27 bits per heavy atom. The van der Waals surface area contributed by atoms with Crippen LogP contribution >= 0.6 is 0 Å². The third-order valence-corrected chi connectivity index (χ3v) is 1.81. The molecule has 0 saturated carbocycles. The lowest BCUT2D eigenvalue weighted by Gasteiger charge is -2.05. The molecule has 15 heavy (non-hydrogen) atoms. The molecule has 0 aromatic heterocycles. The van der Waals surface area contributed by atoms with Gasteiger partial charge in [0.1, 0.15) is 0 Å². The van der Waals surface area contributed by atoms with Crippen molar-refractivity contribution in [1.29, 1.82) is 0 Å². The summed E-state index contributed by atoms with van der Waals surface area (Å²) in [6.07, 6.45) is 3.38. The van der Waals surface area contributed by atoms with E-state index < -0.39 is 0 Å². The van der Waals surface area contributed by atoms with E-state index in [1.807, 2.05) is 24.3 Å². The molecule has 0 spiro atoms. The van der Waals surface area contributed by atoms with E-state index in [9.17, 15) is 4.79 Å². The number of amides is 2. The SMILES string of the molecule is C=CCNC(=O)Nc1ccc(C=C)cc1. The van der Waals surface area contributed by atoms with Gasteiger partial charge in [0.25, 0.3) is 0 Å². The van der Waals surface area contributed by atoms with Gasteiger partial charge in [0.05, 0.1) is 0 Å². The monoisotopic (exact) mass is 202 g/mol. The second-order valence-corrected chi connectivity index (χ2v) is 2.95. The minimum atomic E-state index is -0.235. The van der Waals surface area contributed by atoms with Gasteiger partial charge in [-0.1, -0.05) is 30.9 Å².